The van der Waals surface area contributed by atoms with Gasteiger partial charge in [0.2, 0.25) is 17.9 Å². The van der Waals surface area contributed by atoms with Gasteiger partial charge in [-0.2, -0.15) is 0 Å². The Labute approximate surface area is 253 Å². The molecule has 0 heterocycles. The summed E-state index contributed by atoms with van der Waals surface area (Å²) in [6, 6.07) is 44.3. The van der Waals surface area contributed by atoms with Crippen molar-refractivity contribution in [3.63, 3.8) is 0 Å². The number of benzene rings is 4. The normalized spacial score (nSPS) is 10.5. The summed E-state index contributed by atoms with van der Waals surface area (Å²) in [7, 11) is -1.45. The van der Waals surface area contributed by atoms with Crippen molar-refractivity contribution in [3.8, 4) is 0 Å². The predicted octanol–water partition coefficient (Wildman–Crippen LogP) is 5.63. The molecule has 38 heavy (non-hydrogen) atoms. The van der Waals surface area contributed by atoms with Gasteiger partial charge in [-0.15, -0.1) is 15.8 Å². The van der Waals surface area contributed by atoms with Crippen LogP contribution in [-0.2, 0) is 21.1 Å². The molecule has 0 aromatic heterocycles. The zero-order valence-electron chi connectivity index (χ0n) is 23.9. The quantitative estimate of drug-likeness (QED) is 0.175. The van der Waals surface area contributed by atoms with Crippen molar-refractivity contribution in [2.75, 3.05) is 46.5 Å². The van der Waals surface area contributed by atoms with Crippen LogP contribution in [0.15, 0.2) is 121 Å². The van der Waals surface area contributed by atoms with Crippen LogP contribution in [0.25, 0.3) is 0 Å². The topological polar surface area (TPSA) is 3.24 Å². The minimum absolute atomic E-state index is 0. The summed E-state index contributed by atoms with van der Waals surface area (Å²) >= 11 is 0. The molecule has 0 bridgehead atoms. The third-order valence-electron chi connectivity index (χ3n) is 5.04. The second-order valence-electron chi connectivity index (χ2n) is 9.59. The van der Waals surface area contributed by atoms with E-state index < -0.39 is 17.9 Å². The molecule has 0 amide bonds. The van der Waals surface area contributed by atoms with Crippen LogP contribution >= 0.6 is 15.8 Å². The average Bonchev–Trinajstić information content (AvgIpc) is 2.90. The van der Waals surface area contributed by atoms with E-state index in [0.717, 1.165) is 6.54 Å². The van der Waals surface area contributed by atoms with E-state index in [4.69, 9.17) is 0 Å². The number of hydrogen-bond donors (Lipinski definition) is 0. The summed E-state index contributed by atoms with van der Waals surface area (Å²) in [5.74, 6) is 0. The van der Waals surface area contributed by atoms with E-state index in [2.05, 4.69) is 172 Å². The fourth-order valence-corrected chi connectivity index (χ4v) is 10.8. The van der Waals surface area contributed by atoms with Gasteiger partial charge in [0.15, 0.2) is 0 Å². The van der Waals surface area contributed by atoms with Gasteiger partial charge in [-0.05, 0) is 67.3 Å². The van der Waals surface area contributed by atoms with Gasteiger partial charge in [0.05, 0.1) is 0 Å². The molecule has 2 radical (unpaired) electrons. The van der Waals surface area contributed by atoms with Crippen LogP contribution in [0.5, 0.6) is 0 Å². The van der Waals surface area contributed by atoms with Gasteiger partial charge in [0.25, 0.3) is 0 Å². The Morgan fingerprint density at radius 1 is 0.447 bits per heavy atom. The molecule has 1 nitrogen and oxygen atoms in total. The summed E-state index contributed by atoms with van der Waals surface area (Å²) < 4.78 is 2.81. The fraction of sp³-hybridized carbons (Fsp3) is 0.250. The molecule has 4 aromatic carbocycles. The van der Waals surface area contributed by atoms with Crippen molar-refractivity contribution >= 4 is 54.5 Å². The molecule has 0 saturated carbocycles. The molecular weight excluding hydrogens is 712 g/mol. The van der Waals surface area contributed by atoms with Crippen LogP contribution < -0.4 is 20.7 Å². The maximum Gasteiger partial charge on any atom is 0.202 e. The van der Waals surface area contributed by atoms with Crippen molar-refractivity contribution in [3.05, 3.63) is 121 Å². The zero-order valence-corrected chi connectivity index (χ0v) is 30.0. The van der Waals surface area contributed by atoms with Crippen molar-refractivity contribution in [2.45, 2.75) is 6.92 Å². The van der Waals surface area contributed by atoms with Gasteiger partial charge in [-0.25, -0.2) is 0 Å². The predicted molar refractivity (Wildman–Crippen MR) is 178 cm³/mol. The standard InChI is InChI=1S/C26H25NSi2.2C3H9P.Pt/c1-2-27(28(23-15-7-3-8-16-23)24-17-9-4-10-18-24)29(25-19-11-5-12-20-25)26-21-13-6-14-22-26;2*1-4(2)3;/h3-22H,2H2,1H3;2*1-3H3;. The Balaban J connectivity index is 0.000000709. The van der Waals surface area contributed by atoms with Crippen LogP contribution in [-0.4, -0.2) is 68.7 Å². The smallest absolute Gasteiger partial charge is 0.202 e. The third kappa shape index (κ3) is 12.3. The van der Waals surface area contributed by atoms with Crippen LogP contribution in [0.4, 0.5) is 0 Å². The Bertz CT molecular complexity index is 928. The second-order valence-corrected chi connectivity index (χ2v) is 20.2. The van der Waals surface area contributed by atoms with Crippen molar-refractivity contribution in [1.82, 2.24) is 4.23 Å². The summed E-state index contributed by atoms with van der Waals surface area (Å²) in [6.07, 6.45) is 0. The number of nitrogens with zero attached hydrogens (tertiary/aromatic N) is 1. The molecule has 4 aromatic rings. The molecule has 0 atom stereocenters. The second kappa shape index (κ2) is 19.8. The van der Waals surface area contributed by atoms with E-state index in [9.17, 15) is 0 Å². The third-order valence-corrected chi connectivity index (χ3v) is 11.6. The largest absolute Gasteiger partial charge is 0.333 e. The SMILES string of the molecule is CCN([Si](c1ccccc1)c1ccccc1)[Si](c1ccccc1)c1ccccc1.CP(C)C.CP(C)C.[Pt]. The van der Waals surface area contributed by atoms with E-state index in [0.29, 0.717) is 15.8 Å². The van der Waals surface area contributed by atoms with Gasteiger partial charge in [0, 0.05) is 21.1 Å². The Hall–Kier alpha value is -1.18. The molecule has 0 aliphatic rings. The first-order valence-electron chi connectivity index (χ1n) is 12.8. The van der Waals surface area contributed by atoms with Gasteiger partial charge in [-0.1, -0.05) is 128 Å². The molecule has 0 aliphatic heterocycles. The van der Waals surface area contributed by atoms with Gasteiger partial charge >= 0.3 is 0 Å². The summed E-state index contributed by atoms with van der Waals surface area (Å²) in [5.41, 5.74) is 0. The van der Waals surface area contributed by atoms with Crippen LogP contribution in [0.1, 0.15) is 6.92 Å². The first kappa shape index (κ1) is 34.8. The van der Waals surface area contributed by atoms with E-state index in [1.165, 1.54) is 20.7 Å². The zero-order chi connectivity index (χ0) is 27.0. The molecular formula is C32H43NP2PtSi2. The summed E-state index contributed by atoms with van der Waals surface area (Å²) in [4.78, 5) is 0. The maximum atomic E-state index is 2.81. The van der Waals surface area contributed by atoms with Gasteiger partial charge in [-0.3, -0.25) is 0 Å². The first-order valence-corrected chi connectivity index (χ1v) is 21.1. The Kier molecular flexibility index (Phi) is 18.2. The summed E-state index contributed by atoms with van der Waals surface area (Å²) in [5, 5.41) is 5.78. The molecule has 0 N–H and O–H groups in total. The molecule has 0 spiro atoms. The van der Waals surface area contributed by atoms with Crippen molar-refractivity contribution in [2.24, 2.45) is 0 Å². The number of hydrogen-bond acceptors (Lipinski definition) is 1. The van der Waals surface area contributed by atoms with E-state index in [-0.39, 0.29) is 21.1 Å². The molecule has 4 rings (SSSR count). The number of rotatable bonds is 7. The maximum absolute atomic E-state index is 2.81. The van der Waals surface area contributed by atoms with Crippen molar-refractivity contribution < 1.29 is 21.1 Å². The van der Waals surface area contributed by atoms with E-state index in [1.807, 2.05) is 0 Å². The summed E-state index contributed by atoms with van der Waals surface area (Å²) in [6.45, 7) is 16.7. The van der Waals surface area contributed by atoms with Crippen LogP contribution in [0.2, 0.25) is 0 Å². The minimum atomic E-state index is -1.10. The first-order chi connectivity index (χ1) is 17.8. The average molecular weight is 755 g/mol. The Morgan fingerprint density at radius 3 is 0.789 bits per heavy atom. The molecule has 0 fully saturated rings. The van der Waals surface area contributed by atoms with Gasteiger partial charge < -0.3 is 4.23 Å². The van der Waals surface area contributed by atoms with E-state index in [1.54, 1.807) is 0 Å². The fourth-order valence-electron chi connectivity index (χ4n) is 3.77. The van der Waals surface area contributed by atoms with E-state index >= 15 is 0 Å². The minimum Gasteiger partial charge on any atom is -0.333 e. The molecule has 204 valence electrons. The van der Waals surface area contributed by atoms with Crippen LogP contribution in [0, 0.1) is 0 Å². The molecule has 0 saturated heterocycles. The van der Waals surface area contributed by atoms with Crippen LogP contribution in [0.3, 0.4) is 0 Å². The monoisotopic (exact) mass is 754 g/mol. The molecule has 6 heteroatoms. The Morgan fingerprint density at radius 2 is 0.632 bits per heavy atom. The molecule has 0 aliphatic carbocycles. The van der Waals surface area contributed by atoms with Crippen molar-refractivity contribution in [1.29, 1.82) is 0 Å². The molecule has 0 unspecified atom stereocenters. The van der Waals surface area contributed by atoms with Gasteiger partial charge in [0.1, 0.15) is 0 Å².